The molecule has 0 bridgehead atoms. The largest absolute Gasteiger partial charge is 0.497 e. The number of carbonyl (C=O) groups is 1. The number of carbonyl (C=O) groups excluding carboxylic acids is 1. The highest BCUT2D eigenvalue weighted by Crippen LogP contribution is 2.25. The zero-order valence-corrected chi connectivity index (χ0v) is 13.1. The minimum Gasteiger partial charge on any atom is -0.497 e. The molecule has 1 heterocycles. The van der Waals surface area contributed by atoms with E-state index in [0.29, 0.717) is 17.3 Å². The zero-order valence-electron chi connectivity index (χ0n) is 13.1. The third-order valence-electron chi connectivity index (χ3n) is 3.11. The smallest absolute Gasteiger partial charge is 0.249 e. The Balaban J connectivity index is 2.11. The monoisotopic (exact) mass is 301 g/mol. The van der Waals surface area contributed by atoms with E-state index < -0.39 is 0 Å². The molecular formula is C16H19N3O3. The summed E-state index contributed by atoms with van der Waals surface area (Å²) in [6.07, 6.45) is 3.14. The number of methoxy groups -OCH3 is 2. The SMILES string of the molecule is COc1ccc(/C=C/C(=O)Nc2cc(C)nn2C)c(OC)c1. The summed E-state index contributed by atoms with van der Waals surface area (Å²) in [5, 5.41) is 6.94. The van der Waals surface area contributed by atoms with E-state index in [1.807, 2.05) is 19.1 Å². The van der Waals surface area contributed by atoms with Crippen LogP contribution in [0.2, 0.25) is 0 Å². The molecule has 0 unspecified atom stereocenters. The predicted molar refractivity (Wildman–Crippen MR) is 85.2 cm³/mol. The second-order valence-electron chi connectivity index (χ2n) is 4.73. The van der Waals surface area contributed by atoms with Gasteiger partial charge < -0.3 is 14.8 Å². The Morgan fingerprint density at radius 2 is 2.05 bits per heavy atom. The number of nitrogens with zero attached hydrogens (tertiary/aromatic N) is 2. The van der Waals surface area contributed by atoms with Gasteiger partial charge in [0, 0.05) is 30.8 Å². The highest BCUT2D eigenvalue weighted by molar-refractivity contribution is 6.01. The number of nitrogens with one attached hydrogen (secondary N) is 1. The van der Waals surface area contributed by atoms with Crippen molar-refractivity contribution < 1.29 is 14.3 Å². The van der Waals surface area contributed by atoms with Crippen molar-refractivity contribution in [1.29, 1.82) is 0 Å². The molecule has 6 heteroatoms. The lowest BCUT2D eigenvalue weighted by atomic mass is 10.1. The summed E-state index contributed by atoms with van der Waals surface area (Å²) in [4.78, 5) is 12.0. The Kier molecular flexibility index (Phi) is 4.83. The van der Waals surface area contributed by atoms with Crippen LogP contribution in [0.4, 0.5) is 5.82 Å². The Hall–Kier alpha value is -2.76. The normalized spacial score (nSPS) is 10.7. The van der Waals surface area contributed by atoms with Crippen molar-refractivity contribution in [1.82, 2.24) is 9.78 Å². The van der Waals surface area contributed by atoms with Gasteiger partial charge in [0.05, 0.1) is 19.9 Å². The third kappa shape index (κ3) is 3.66. The number of ether oxygens (including phenoxy) is 2. The maximum absolute atomic E-state index is 12.0. The van der Waals surface area contributed by atoms with E-state index in [-0.39, 0.29) is 5.91 Å². The minimum atomic E-state index is -0.235. The molecule has 0 atom stereocenters. The number of anilines is 1. The van der Waals surface area contributed by atoms with Crippen molar-refractivity contribution in [2.45, 2.75) is 6.92 Å². The van der Waals surface area contributed by atoms with Gasteiger partial charge in [-0.2, -0.15) is 5.10 Å². The van der Waals surface area contributed by atoms with Crippen LogP contribution in [0.15, 0.2) is 30.3 Å². The van der Waals surface area contributed by atoms with E-state index in [4.69, 9.17) is 9.47 Å². The molecule has 2 aromatic rings. The fraction of sp³-hybridized carbons (Fsp3) is 0.250. The van der Waals surface area contributed by atoms with Gasteiger partial charge in [0.15, 0.2) is 0 Å². The number of aromatic nitrogens is 2. The zero-order chi connectivity index (χ0) is 16.1. The predicted octanol–water partition coefficient (Wildman–Crippen LogP) is 2.40. The van der Waals surface area contributed by atoms with Crippen LogP contribution < -0.4 is 14.8 Å². The van der Waals surface area contributed by atoms with Crippen LogP contribution in [0.3, 0.4) is 0 Å². The molecule has 1 aromatic heterocycles. The topological polar surface area (TPSA) is 65.4 Å². The first-order valence-electron chi connectivity index (χ1n) is 6.75. The third-order valence-corrected chi connectivity index (χ3v) is 3.11. The highest BCUT2D eigenvalue weighted by atomic mass is 16.5. The number of hydrogen-bond acceptors (Lipinski definition) is 4. The molecule has 116 valence electrons. The van der Waals surface area contributed by atoms with Crippen molar-refractivity contribution >= 4 is 17.8 Å². The number of amides is 1. The summed E-state index contributed by atoms with van der Waals surface area (Å²) >= 11 is 0. The summed E-state index contributed by atoms with van der Waals surface area (Å²) in [6, 6.07) is 7.21. The van der Waals surface area contributed by atoms with Crippen molar-refractivity contribution in [2.75, 3.05) is 19.5 Å². The molecular weight excluding hydrogens is 282 g/mol. The van der Waals surface area contributed by atoms with Crippen molar-refractivity contribution in [3.8, 4) is 11.5 Å². The Bertz CT molecular complexity index is 705. The molecule has 0 aliphatic rings. The quantitative estimate of drug-likeness (QED) is 0.861. The first-order valence-corrected chi connectivity index (χ1v) is 6.75. The summed E-state index contributed by atoms with van der Waals surface area (Å²) in [6.45, 7) is 1.87. The average molecular weight is 301 g/mol. The lowest BCUT2D eigenvalue weighted by Gasteiger charge is -2.07. The minimum absolute atomic E-state index is 0.235. The Morgan fingerprint density at radius 1 is 1.27 bits per heavy atom. The van der Waals surface area contributed by atoms with Gasteiger partial charge in [-0.15, -0.1) is 0 Å². The molecule has 6 nitrogen and oxygen atoms in total. The number of hydrogen-bond donors (Lipinski definition) is 1. The summed E-state index contributed by atoms with van der Waals surface area (Å²) in [5.74, 6) is 1.75. The van der Waals surface area contributed by atoms with Crippen molar-refractivity contribution in [3.63, 3.8) is 0 Å². The van der Waals surface area contributed by atoms with Crippen LogP contribution >= 0.6 is 0 Å². The van der Waals surface area contributed by atoms with Crippen LogP contribution in [0.25, 0.3) is 6.08 Å². The summed E-state index contributed by atoms with van der Waals surface area (Å²) in [7, 11) is 4.94. The van der Waals surface area contributed by atoms with Gasteiger partial charge in [0.25, 0.3) is 0 Å². The van der Waals surface area contributed by atoms with Gasteiger partial charge in [-0.05, 0) is 25.1 Å². The summed E-state index contributed by atoms with van der Waals surface area (Å²) < 4.78 is 12.0. The van der Waals surface area contributed by atoms with E-state index >= 15 is 0 Å². The van der Waals surface area contributed by atoms with E-state index in [0.717, 1.165) is 11.3 Å². The average Bonchev–Trinajstić information content (AvgIpc) is 2.82. The van der Waals surface area contributed by atoms with Gasteiger partial charge in [0.2, 0.25) is 5.91 Å². The fourth-order valence-corrected chi connectivity index (χ4v) is 2.02. The number of benzene rings is 1. The van der Waals surface area contributed by atoms with Crippen LogP contribution in [-0.4, -0.2) is 29.9 Å². The van der Waals surface area contributed by atoms with Crippen LogP contribution in [0.1, 0.15) is 11.3 Å². The van der Waals surface area contributed by atoms with Gasteiger partial charge >= 0.3 is 0 Å². The lowest BCUT2D eigenvalue weighted by Crippen LogP contribution is -2.11. The maximum Gasteiger partial charge on any atom is 0.249 e. The molecule has 0 aliphatic heterocycles. The van der Waals surface area contributed by atoms with Crippen molar-refractivity contribution in [3.05, 3.63) is 41.6 Å². The maximum atomic E-state index is 12.0. The molecule has 0 saturated carbocycles. The standard InChI is InChI=1S/C16H19N3O3/c1-11-9-15(19(2)18-11)17-16(20)8-6-12-5-7-13(21-3)10-14(12)22-4/h5-10H,1-4H3,(H,17,20)/b8-6+. The molecule has 0 fully saturated rings. The molecule has 0 radical (unpaired) electrons. The Morgan fingerprint density at radius 3 is 2.64 bits per heavy atom. The van der Waals surface area contributed by atoms with Gasteiger partial charge in [-0.3, -0.25) is 9.48 Å². The molecule has 0 spiro atoms. The van der Waals surface area contributed by atoms with E-state index in [2.05, 4.69) is 10.4 Å². The second kappa shape index (κ2) is 6.80. The fourth-order valence-electron chi connectivity index (χ4n) is 2.02. The van der Waals surface area contributed by atoms with Crippen molar-refractivity contribution in [2.24, 2.45) is 7.05 Å². The van der Waals surface area contributed by atoms with E-state index in [1.165, 1.54) is 6.08 Å². The van der Waals surface area contributed by atoms with Gasteiger partial charge in [-0.25, -0.2) is 0 Å². The van der Waals surface area contributed by atoms with Crippen LogP contribution in [-0.2, 0) is 11.8 Å². The first kappa shape index (κ1) is 15.6. The molecule has 0 saturated heterocycles. The van der Waals surface area contributed by atoms with Crippen LogP contribution in [0.5, 0.6) is 11.5 Å². The number of rotatable bonds is 5. The second-order valence-corrected chi connectivity index (χ2v) is 4.73. The first-order chi connectivity index (χ1) is 10.5. The summed E-state index contributed by atoms with van der Waals surface area (Å²) in [5.41, 5.74) is 1.64. The van der Waals surface area contributed by atoms with Crippen LogP contribution in [0, 0.1) is 6.92 Å². The van der Waals surface area contributed by atoms with E-state index in [9.17, 15) is 4.79 Å². The molecule has 1 aromatic carbocycles. The lowest BCUT2D eigenvalue weighted by molar-refractivity contribution is -0.111. The van der Waals surface area contributed by atoms with E-state index in [1.54, 1.807) is 44.2 Å². The number of aryl methyl sites for hydroxylation is 2. The highest BCUT2D eigenvalue weighted by Gasteiger charge is 2.06. The van der Waals surface area contributed by atoms with Gasteiger partial charge in [-0.1, -0.05) is 0 Å². The molecule has 1 N–H and O–H groups in total. The molecule has 0 aliphatic carbocycles. The molecule has 1 amide bonds. The Labute approximate surface area is 129 Å². The molecule has 22 heavy (non-hydrogen) atoms. The van der Waals surface area contributed by atoms with Gasteiger partial charge in [0.1, 0.15) is 17.3 Å². The molecule has 2 rings (SSSR count).